The van der Waals surface area contributed by atoms with Crippen molar-refractivity contribution < 1.29 is 14.3 Å². The quantitative estimate of drug-likeness (QED) is 0.786. The first kappa shape index (κ1) is 13.1. The molecule has 94 valence electrons. The number of urea groups is 1. The summed E-state index contributed by atoms with van der Waals surface area (Å²) in [6, 6.07) is -0.297. The van der Waals surface area contributed by atoms with Gasteiger partial charge in [0.25, 0.3) is 0 Å². The second kappa shape index (κ2) is 5.38. The highest BCUT2D eigenvalue weighted by atomic mass is 16.5. The monoisotopic (exact) mass is 239 g/mol. The summed E-state index contributed by atoms with van der Waals surface area (Å²) in [5.74, 6) is -0.444. The standard InChI is InChI=1S/C11H17N3O3/c1-5-17-10(15)9-7(2)12-6-8(9)13-11(16)14(3)4/h6,12H,5H2,1-4H3,(H,13,16). The van der Waals surface area contributed by atoms with Crippen molar-refractivity contribution in [2.45, 2.75) is 13.8 Å². The molecule has 0 fully saturated rings. The summed E-state index contributed by atoms with van der Waals surface area (Å²) in [6.07, 6.45) is 1.57. The predicted octanol–water partition coefficient (Wildman–Crippen LogP) is 1.59. The summed E-state index contributed by atoms with van der Waals surface area (Å²) in [5, 5.41) is 2.63. The number of nitrogens with zero attached hydrogens (tertiary/aromatic N) is 1. The van der Waals surface area contributed by atoms with Crippen LogP contribution in [0.4, 0.5) is 10.5 Å². The molecule has 0 aliphatic rings. The van der Waals surface area contributed by atoms with Crippen LogP contribution in [0.15, 0.2) is 6.20 Å². The molecule has 1 aromatic heterocycles. The van der Waals surface area contributed by atoms with E-state index in [1.165, 1.54) is 4.90 Å². The first-order valence-electron chi connectivity index (χ1n) is 5.30. The first-order valence-corrected chi connectivity index (χ1v) is 5.30. The molecule has 1 rings (SSSR count). The number of ether oxygens (including phenoxy) is 1. The normalized spacial score (nSPS) is 9.88. The number of H-pyrrole nitrogens is 1. The zero-order chi connectivity index (χ0) is 13.0. The smallest absolute Gasteiger partial charge is 0.342 e. The van der Waals surface area contributed by atoms with Gasteiger partial charge in [-0.25, -0.2) is 9.59 Å². The molecule has 6 heteroatoms. The fourth-order valence-corrected chi connectivity index (χ4v) is 1.32. The maximum absolute atomic E-state index is 11.7. The number of carbonyl (C=O) groups excluding carboxylic acids is 2. The Morgan fingerprint density at radius 3 is 2.65 bits per heavy atom. The van der Waals surface area contributed by atoms with Crippen molar-refractivity contribution in [1.29, 1.82) is 0 Å². The van der Waals surface area contributed by atoms with E-state index in [0.29, 0.717) is 23.6 Å². The van der Waals surface area contributed by atoms with Crippen molar-refractivity contribution in [3.05, 3.63) is 17.5 Å². The number of aromatic nitrogens is 1. The maximum Gasteiger partial charge on any atom is 0.342 e. The van der Waals surface area contributed by atoms with Crippen LogP contribution in [0.2, 0.25) is 0 Å². The van der Waals surface area contributed by atoms with Gasteiger partial charge in [-0.2, -0.15) is 0 Å². The number of anilines is 1. The highest BCUT2D eigenvalue weighted by Gasteiger charge is 2.19. The Labute approximate surface area is 99.9 Å². The number of rotatable bonds is 3. The molecular weight excluding hydrogens is 222 g/mol. The number of carbonyl (C=O) groups is 2. The molecule has 2 amide bonds. The third-order valence-corrected chi connectivity index (χ3v) is 2.20. The number of amides is 2. The minimum atomic E-state index is -0.444. The van der Waals surface area contributed by atoms with E-state index in [9.17, 15) is 9.59 Å². The van der Waals surface area contributed by atoms with Crippen LogP contribution in [-0.4, -0.2) is 42.6 Å². The summed E-state index contributed by atoms with van der Waals surface area (Å²) in [5.41, 5.74) is 1.46. The number of hydrogen-bond donors (Lipinski definition) is 2. The van der Waals surface area contributed by atoms with Gasteiger partial charge >= 0.3 is 12.0 Å². The van der Waals surface area contributed by atoms with E-state index >= 15 is 0 Å². The van der Waals surface area contributed by atoms with Gasteiger partial charge in [-0.05, 0) is 13.8 Å². The SMILES string of the molecule is CCOC(=O)c1c(NC(=O)N(C)C)c[nH]c1C. The zero-order valence-corrected chi connectivity index (χ0v) is 10.5. The number of nitrogens with one attached hydrogen (secondary N) is 2. The average molecular weight is 239 g/mol. The van der Waals surface area contributed by atoms with E-state index in [4.69, 9.17) is 4.74 Å². The molecule has 0 aliphatic carbocycles. The third-order valence-electron chi connectivity index (χ3n) is 2.20. The molecule has 0 bridgehead atoms. The molecule has 0 saturated heterocycles. The Balaban J connectivity index is 2.94. The highest BCUT2D eigenvalue weighted by Crippen LogP contribution is 2.20. The lowest BCUT2D eigenvalue weighted by atomic mass is 10.2. The Hall–Kier alpha value is -1.98. The van der Waals surface area contributed by atoms with Gasteiger partial charge in [-0.1, -0.05) is 0 Å². The molecule has 0 atom stereocenters. The fourth-order valence-electron chi connectivity index (χ4n) is 1.32. The van der Waals surface area contributed by atoms with Gasteiger partial charge < -0.3 is 19.9 Å². The van der Waals surface area contributed by atoms with Crippen molar-refractivity contribution in [1.82, 2.24) is 9.88 Å². The van der Waals surface area contributed by atoms with Gasteiger partial charge in [-0.3, -0.25) is 0 Å². The molecule has 6 nitrogen and oxygen atoms in total. The van der Waals surface area contributed by atoms with Gasteiger partial charge in [-0.15, -0.1) is 0 Å². The summed E-state index contributed by atoms with van der Waals surface area (Å²) in [7, 11) is 3.25. The summed E-state index contributed by atoms with van der Waals surface area (Å²) in [4.78, 5) is 27.5. The largest absolute Gasteiger partial charge is 0.462 e. The summed E-state index contributed by atoms with van der Waals surface area (Å²) >= 11 is 0. The second-order valence-electron chi connectivity index (χ2n) is 3.75. The molecule has 1 aromatic rings. The molecule has 0 spiro atoms. The maximum atomic E-state index is 11.7. The molecule has 0 aliphatic heterocycles. The predicted molar refractivity (Wildman–Crippen MR) is 64.2 cm³/mol. The number of aryl methyl sites for hydroxylation is 1. The van der Waals surface area contributed by atoms with Crippen molar-refractivity contribution >= 4 is 17.7 Å². The highest BCUT2D eigenvalue weighted by molar-refractivity contribution is 6.01. The van der Waals surface area contributed by atoms with E-state index < -0.39 is 5.97 Å². The van der Waals surface area contributed by atoms with Crippen LogP contribution in [0.1, 0.15) is 23.0 Å². The van der Waals surface area contributed by atoms with E-state index in [2.05, 4.69) is 10.3 Å². The van der Waals surface area contributed by atoms with Crippen molar-refractivity contribution in [2.24, 2.45) is 0 Å². The van der Waals surface area contributed by atoms with Crippen LogP contribution in [0, 0.1) is 6.92 Å². The molecule has 0 radical (unpaired) electrons. The molecule has 0 unspecified atom stereocenters. The third kappa shape index (κ3) is 2.99. The summed E-state index contributed by atoms with van der Waals surface area (Å²) < 4.78 is 4.93. The van der Waals surface area contributed by atoms with Crippen molar-refractivity contribution in [2.75, 3.05) is 26.0 Å². The molecule has 17 heavy (non-hydrogen) atoms. The van der Waals surface area contributed by atoms with Gasteiger partial charge in [0.1, 0.15) is 5.56 Å². The molecule has 2 N–H and O–H groups in total. The first-order chi connectivity index (χ1) is 7.97. The van der Waals surface area contributed by atoms with E-state index in [1.807, 2.05) is 0 Å². The second-order valence-corrected chi connectivity index (χ2v) is 3.75. The lowest BCUT2D eigenvalue weighted by Gasteiger charge is -2.12. The topological polar surface area (TPSA) is 74.4 Å². The van der Waals surface area contributed by atoms with Crippen LogP contribution in [-0.2, 0) is 4.74 Å². The van der Waals surface area contributed by atoms with Crippen LogP contribution in [0.3, 0.4) is 0 Å². The van der Waals surface area contributed by atoms with Crippen molar-refractivity contribution in [3.63, 3.8) is 0 Å². The van der Waals surface area contributed by atoms with E-state index in [-0.39, 0.29) is 6.03 Å². The molecular formula is C11H17N3O3. The molecule has 0 saturated carbocycles. The number of esters is 1. The molecule has 0 aromatic carbocycles. The van der Waals surface area contributed by atoms with Gasteiger partial charge in [0.05, 0.1) is 12.3 Å². The lowest BCUT2D eigenvalue weighted by molar-refractivity contribution is 0.0527. The Morgan fingerprint density at radius 2 is 2.12 bits per heavy atom. The van der Waals surface area contributed by atoms with Gasteiger partial charge in [0.2, 0.25) is 0 Å². The van der Waals surface area contributed by atoms with Gasteiger partial charge in [0, 0.05) is 26.0 Å². The van der Waals surface area contributed by atoms with Crippen LogP contribution < -0.4 is 5.32 Å². The van der Waals surface area contributed by atoms with E-state index in [1.54, 1.807) is 34.1 Å². The van der Waals surface area contributed by atoms with E-state index in [0.717, 1.165) is 0 Å². The van der Waals surface area contributed by atoms with Crippen molar-refractivity contribution in [3.8, 4) is 0 Å². The fraction of sp³-hybridized carbons (Fsp3) is 0.455. The zero-order valence-electron chi connectivity index (χ0n) is 10.5. The summed E-state index contributed by atoms with van der Waals surface area (Å²) in [6.45, 7) is 3.78. The Kier molecular flexibility index (Phi) is 4.14. The minimum Gasteiger partial charge on any atom is -0.462 e. The van der Waals surface area contributed by atoms with Gasteiger partial charge in [0.15, 0.2) is 0 Å². The average Bonchev–Trinajstić information content (AvgIpc) is 2.60. The van der Waals surface area contributed by atoms with Crippen LogP contribution in [0.25, 0.3) is 0 Å². The Morgan fingerprint density at radius 1 is 1.47 bits per heavy atom. The Bertz CT molecular complexity index is 424. The van der Waals surface area contributed by atoms with Crippen LogP contribution >= 0.6 is 0 Å². The number of hydrogen-bond acceptors (Lipinski definition) is 3. The lowest BCUT2D eigenvalue weighted by Crippen LogP contribution is -2.28. The molecule has 1 heterocycles. The minimum absolute atomic E-state index is 0.296. The number of aromatic amines is 1. The van der Waals surface area contributed by atoms with Crippen LogP contribution in [0.5, 0.6) is 0 Å².